The highest BCUT2D eigenvalue weighted by molar-refractivity contribution is 7.72. The SMILES string of the molecule is CC(C)=CCC/C(C)=C\Cn1cc(CC(N)(P(=O)(O)O)P(=O)(O)O)nn1. The van der Waals surface area contributed by atoms with Crippen molar-refractivity contribution in [3.05, 3.63) is 35.2 Å². The maximum Gasteiger partial charge on any atom is 0.358 e. The molecule has 0 aliphatic heterocycles. The van der Waals surface area contributed by atoms with E-state index in [1.54, 1.807) is 0 Å². The highest BCUT2D eigenvalue weighted by Crippen LogP contribution is 2.66. The predicted octanol–water partition coefficient (Wildman–Crippen LogP) is 1.48. The molecular formula is C14H26N4O6P2. The number of rotatable bonds is 9. The fourth-order valence-electron chi connectivity index (χ4n) is 2.09. The Morgan fingerprint density at radius 3 is 2.27 bits per heavy atom. The van der Waals surface area contributed by atoms with Gasteiger partial charge in [-0.2, -0.15) is 0 Å². The van der Waals surface area contributed by atoms with E-state index >= 15 is 0 Å². The van der Waals surface area contributed by atoms with Gasteiger partial charge in [0.2, 0.25) is 5.02 Å². The third kappa shape index (κ3) is 6.25. The molecule has 0 saturated carbocycles. The van der Waals surface area contributed by atoms with Gasteiger partial charge in [0.1, 0.15) is 0 Å². The van der Waals surface area contributed by atoms with Gasteiger partial charge in [-0.25, -0.2) is 4.68 Å². The van der Waals surface area contributed by atoms with E-state index < -0.39 is 26.6 Å². The van der Waals surface area contributed by atoms with E-state index in [4.69, 9.17) is 5.73 Å². The first-order valence-corrected chi connectivity index (χ1v) is 11.1. The Balaban J connectivity index is 2.83. The minimum Gasteiger partial charge on any atom is -0.323 e. The van der Waals surface area contributed by atoms with Crippen LogP contribution in [0.2, 0.25) is 0 Å². The second kappa shape index (κ2) is 8.71. The van der Waals surface area contributed by atoms with Gasteiger partial charge in [0, 0.05) is 12.6 Å². The topological polar surface area (TPSA) is 172 Å². The van der Waals surface area contributed by atoms with Gasteiger partial charge < -0.3 is 25.3 Å². The summed E-state index contributed by atoms with van der Waals surface area (Å²) in [6.07, 6.45) is 6.43. The van der Waals surface area contributed by atoms with Crippen LogP contribution in [0.3, 0.4) is 0 Å². The van der Waals surface area contributed by atoms with Gasteiger partial charge in [0.25, 0.3) is 0 Å². The zero-order valence-corrected chi connectivity index (χ0v) is 16.8. The van der Waals surface area contributed by atoms with E-state index in [0.29, 0.717) is 6.54 Å². The molecule has 0 bridgehead atoms. The van der Waals surface area contributed by atoms with E-state index in [-0.39, 0.29) is 5.69 Å². The molecule has 6 N–H and O–H groups in total. The van der Waals surface area contributed by atoms with Crippen molar-refractivity contribution in [3.63, 3.8) is 0 Å². The lowest BCUT2D eigenvalue weighted by molar-refractivity contribution is 0.307. The van der Waals surface area contributed by atoms with Crippen molar-refractivity contribution in [2.45, 2.75) is 51.6 Å². The molecule has 10 nitrogen and oxygen atoms in total. The molecular weight excluding hydrogens is 382 g/mol. The molecule has 0 spiro atoms. The average Bonchev–Trinajstić information content (AvgIpc) is 2.89. The first kappa shape index (κ1) is 22.9. The van der Waals surface area contributed by atoms with Crippen molar-refractivity contribution in [2.75, 3.05) is 0 Å². The van der Waals surface area contributed by atoms with Crippen LogP contribution in [-0.4, -0.2) is 39.6 Å². The van der Waals surface area contributed by atoms with Crippen LogP contribution < -0.4 is 5.73 Å². The van der Waals surface area contributed by atoms with E-state index in [1.807, 2.05) is 26.8 Å². The van der Waals surface area contributed by atoms with Gasteiger partial charge in [-0.05, 0) is 33.6 Å². The Bertz CT molecular complexity index is 750. The third-order valence-electron chi connectivity index (χ3n) is 3.75. The number of aromatic nitrogens is 3. The van der Waals surface area contributed by atoms with Crippen molar-refractivity contribution >= 4 is 15.2 Å². The fourth-order valence-corrected chi connectivity index (χ4v) is 4.18. The van der Waals surface area contributed by atoms with Crippen molar-refractivity contribution in [1.82, 2.24) is 15.0 Å². The molecule has 1 aromatic rings. The Morgan fingerprint density at radius 1 is 1.19 bits per heavy atom. The molecule has 1 heterocycles. The number of nitrogens with two attached hydrogens (primary N) is 1. The smallest absolute Gasteiger partial charge is 0.323 e. The molecule has 12 heteroatoms. The highest BCUT2D eigenvalue weighted by atomic mass is 31.2. The average molecular weight is 408 g/mol. The summed E-state index contributed by atoms with van der Waals surface area (Å²) in [7, 11) is -10.6. The molecule has 26 heavy (non-hydrogen) atoms. The van der Waals surface area contributed by atoms with Crippen LogP contribution in [0, 0.1) is 0 Å². The lowest BCUT2D eigenvalue weighted by atomic mass is 10.1. The maximum absolute atomic E-state index is 11.5. The van der Waals surface area contributed by atoms with Gasteiger partial charge in [-0.3, -0.25) is 9.13 Å². The van der Waals surface area contributed by atoms with Crippen LogP contribution in [0.15, 0.2) is 29.5 Å². The van der Waals surface area contributed by atoms with Gasteiger partial charge in [-0.15, -0.1) is 5.10 Å². The van der Waals surface area contributed by atoms with Crippen molar-refractivity contribution < 1.29 is 28.7 Å². The minimum absolute atomic E-state index is 0.0188. The molecule has 1 rings (SSSR count). The quantitative estimate of drug-likeness (QED) is 0.300. The van der Waals surface area contributed by atoms with E-state index in [2.05, 4.69) is 16.4 Å². The standard InChI is InChI=1S/C14H26N4O6P2/c1-11(2)5-4-6-12(3)7-8-18-10-13(16-17-18)9-14(15,25(19,20)21)26(22,23)24/h5,7,10H,4,6,8-9,15H2,1-3H3,(H2,19,20,21)(H2,22,23,24)/b12-7-. The van der Waals surface area contributed by atoms with Crippen molar-refractivity contribution in [3.8, 4) is 0 Å². The molecule has 0 radical (unpaired) electrons. The molecule has 0 saturated heterocycles. The first-order chi connectivity index (χ1) is 11.8. The zero-order chi connectivity index (χ0) is 20.2. The third-order valence-corrected chi connectivity index (χ3v) is 7.65. The largest absolute Gasteiger partial charge is 0.358 e. The van der Waals surface area contributed by atoms with Crippen LogP contribution in [0.25, 0.3) is 0 Å². The fraction of sp³-hybridized carbons (Fsp3) is 0.571. The number of hydrogen-bond acceptors (Lipinski definition) is 5. The molecule has 0 aliphatic carbocycles. The molecule has 0 atom stereocenters. The minimum atomic E-state index is -5.30. The predicted molar refractivity (Wildman–Crippen MR) is 97.2 cm³/mol. The summed E-state index contributed by atoms with van der Waals surface area (Å²) in [6.45, 7) is 6.41. The molecule has 0 fully saturated rings. The van der Waals surface area contributed by atoms with E-state index in [9.17, 15) is 28.7 Å². The molecule has 1 aromatic heterocycles. The van der Waals surface area contributed by atoms with Gasteiger partial charge >= 0.3 is 15.2 Å². The summed E-state index contributed by atoms with van der Waals surface area (Å²) in [5.41, 5.74) is 7.74. The van der Waals surface area contributed by atoms with Crippen LogP contribution in [0.1, 0.15) is 39.3 Å². The molecule has 0 aliphatic rings. The monoisotopic (exact) mass is 408 g/mol. The van der Waals surface area contributed by atoms with Crippen LogP contribution in [-0.2, 0) is 22.1 Å². The normalized spacial score (nSPS) is 13.8. The lowest BCUT2D eigenvalue weighted by Gasteiger charge is -2.29. The molecule has 0 unspecified atom stereocenters. The Kier molecular flexibility index (Phi) is 7.68. The lowest BCUT2D eigenvalue weighted by Crippen LogP contribution is -2.41. The van der Waals surface area contributed by atoms with E-state index in [0.717, 1.165) is 18.4 Å². The highest BCUT2D eigenvalue weighted by Gasteiger charge is 2.57. The molecule has 0 amide bonds. The molecule has 148 valence electrons. The number of allylic oxidation sites excluding steroid dienone is 4. The first-order valence-electron chi connectivity index (χ1n) is 7.84. The summed E-state index contributed by atoms with van der Waals surface area (Å²) in [5, 5.41) is 4.46. The second-order valence-corrected chi connectivity index (χ2v) is 10.6. The zero-order valence-electron chi connectivity index (χ0n) is 15.0. The second-order valence-electron chi connectivity index (χ2n) is 6.45. The van der Waals surface area contributed by atoms with Gasteiger partial charge in [0.05, 0.1) is 12.2 Å². The van der Waals surface area contributed by atoms with Gasteiger partial charge in [-0.1, -0.05) is 28.5 Å². The molecule has 0 aromatic carbocycles. The number of nitrogens with zero attached hydrogens (tertiary/aromatic N) is 3. The number of hydrogen-bond donors (Lipinski definition) is 5. The summed E-state index contributed by atoms with van der Waals surface area (Å²) in [4.78, 5) is 37.1. The van der Waals surface area contributed by atoms with E-state index in [1.165, 1.54) is 16.5 Å². The van der Waals surface area contributed by atoms with Gasteiger partial charge in [0.15, 0.2) is 0 Å². The van der Waals surface area contributed by atoms with Crippen molar-refractivity contribution in [1.29, 1.82) is 0 Å². The Hall–Kier alpha value is -1.12. The van der Waals surface area contributed by atoms with Crippen LogP contribution in [0.5, 0.6) is 0 Å². The van der Waals surface area contributed by atoms with Crippen LogP contribution >= 0.6 is 15.2 Å². The maximum atomic E-state index is 11.5. The Morgan fingerprint density at radius 2 is 1.77 bits per heavy atom. The Labute approximate surface area is 152 Å². The van der Waals surface area contributed by atoms with Crippen molar-refractivity contribution in [2.24, 2.45) is 5.73 Å². The van der Waals surface area contributed by atoms with Crippen LogP contribution in [0.4, 0.5) is 0 Å². The summed E-state index contributed by atoms with van der Waals surface area (Å²) < 4.78 is 24.4. The summed E-state index contributed by atoms with van der Waals surface area (Å²) in [5.74, 6) is 0. The summed E-state index contributed by atoms with van der Waals surface area (Å²) in [6, 6.07) is 0. The summed E-state index contributed by atoms with van der Waals surface area (Å²) >= 11 is 0.